The maximum absolute atomic E-state index is 13.3. The molecular weight excluding hydrogens is 413 g/mol. The molecule has 1 aromatic carbocycles. The minimum Gasteiger partial charge on any atom is -0.326 e. The van der Waals surface area contributed by atoms with E-state index in [0.717, 1.165) is 33.9 Å². The summed E-state index contributed by atoms with van der Waals surface area (Å²) in [7, 11) is 1.86. The van der Waals surface area contributed by atoms with Crippen LogP contribution < -0.4 is 5.32 Å². The summed E-state index contributed by atoms with van der Waals surface area (Å²) in [6, 6.07) is 8.42. The number of carbonyl (C=O) groups excluding carboxylic acids is 1. The van der Waals surface area contributed by atoms with Crippen molar-refractivity contribution >= 4 is 23.1 Å². The summed E-state index contributed by atoms with van der Waals surface area (Å²) >= 11 is 1.62. The lowest BCUT2D eigenvalue weighted by atomic mass is 10.2. The fraction of sp³-hybridized carbons (Fsp3) is 0.348. The highest BCUT2D eigenvalue weighted by molar-refractivity contribution is 7.09. The molecule has 3 aromatic rings. The number of nitriles is 1. The van der Waals surface area contributed by atoms with Gasteiger partial charge in [-0.1, -0.05) is 19.1 Å². The maximum atomic E-state index is 13.3. The van der Waals surface area contributed by atoms with Crippen LogP contribution in [-0.4, -0.2) is 34.0 Å². The number of thiazole rings is 1. The Kier molecular flexibility index (Phi) is 7.21. The third-order valence-corrected chi connectivity index (χ3v) is 6.24. The molecule has 162 valence electrons. The normalized spacial score (nSPS) is 11.0. The van der Waals surface area contributed by atoms with Crippen LogP contribution in [0.2, 0.25) is 0 Å². The smallest absolute Gasteiger partial charge is 0.239 e. The Morgan fingerprint density at radius 1 is 1.32 bits per heavy atom. The number of halogens is 1. The third-order valence-electron chi connectivity index (χ3n) is 5.20. The third kappa shape index (κ3) is 5.37. The van der Waals surface area contributed by atoms with Gasteiger partial charge in [0.2, 0.25) is 5.91 Å². The standard InChI is InChI=1S/C23H26FN5OS/c1-5-22-26-19(14-31-22)12-28(4)13-21(30)27-23-20(10-25)15(2)16(3)29(23)11-17-6-8-18(24)9-7-17/h6-9,14H,5,11-13H2,1-4H3,(H,27,30). The average molecular weight is 440 g/mol. The number of hydrogen-bond donors (Lipinski definition) is 1. The van der Waals surface area contributed by atoms with Gasteiger partial charge in [0.15, 0.2) is 0 Å². The second-order valence-corrected chi connectivity index (χ2v) is 8.51. The van der Waals surface area contributed by atoms with E-state index in [4.69, 9.17) is 0 Å². The predicted octanol–water partition coefficient (Wildman–Crippen LogP) is 4.25. The fourth-order valence-corrected chi connectivity index (χ4v) is 4.17. The average Bonchev–Trinajstić information content (AvgIpc) is 3.27. The minimum atomic E-state index is -0.301. The second kappa shape index (κ2) is 9.86. The zero-order chi connectivity index (χ0) is 22.5. The highest BCUT2D eigenvalue weighted by atomic mass is 32.1. The first-order valence-corrected chi connectivity index (χ1v) is 11.0. The number of nitrogens with one attached hydrogen (secondary N) is 1. The van der Waals surface area contributed by atoms with Gasteiger partial charge in [-0.25, -0.2) is 9.37 Å². The first kappa shape index (κ1) is 22.7. The molecule has 0 saturated heterocycles. The van der Waals surface area contributed by atoms with E-state index in [1.165, 1.54) is 12.1 Å². The topological polar surface area (TPSA) is 74.0 Å². The maximum Gasteiger partial charge on any atom is 0.239 e. The molecule has 6 nitrogen and oxygen atoms in total. The number of hydrogen-bond acceptors (Lipinski definition) is 5. The molecule has 0 saturated carbocycles. The molecule has 31 heavy (non-hydrogen) atoms. The first-order chi connectivity index (χ1) is 14.8. The van der Waals surface area contributed by atoms with E-state index in [2.05, 4.69) is 23.3 Å². The molecule has 0 atom stereocenters. The Balaban J connectivity index is 1.76. The molecule has 2 aromatic heterocycles. The lowest BCUT2D eigenvalue weighted by Gasteiger charge is -2.17. The van der Waals surface area contributed by atoms with Crippen LogP contribution in [0.25, 0.3) is 0 Å². The highest BCUT2D eigenvalue weighted by Gasteiger charge is 2.20. The Morgan fingerprint density at radius 2 is 2.03 bits per heavy atom. The SMILES string of the molecule is CCc1nc(CN(C)CC(=O)Nc2c(C#N)c(C)c(C)n2Cc2ccc(F)cc2)cs1. The summed E-state index contributed by atoms with van der Waals surface area (Å²) in [5.74, 6) is -0.0328. The second-order valence-electron chi connectivity index (χ2n) is 7.57. The van der Waals surface area contributed by atoms with E-state index in [9.17, 15) is 14.4 Å². The number of benzene rings is 1. The summed E-state index contributed by atoms with van der Waals surface area (Å²) in [6.07, 6.45) is 0.898. The molecule has 1 N–H and O–H groups in total. The number of carbonyl (C=O) groups is 1. The van der Waals surface area contributed by atoms with Gasteiger partial charge in [-0.2, -0.15) is 5.26 Å². The summed E-state index contributed by atoms with van der Waals surface area (Å²) in [5.41, 5.74) is 3.98. The van der Waals surface area contributed by atoms with Gasteiger partial charge in [0.1, 0.15) is 17.7 Å². The molecule has 0 bridgehead atoms. The van der Waals surface area contributed by atoms with Crippen molar-refractivity contribution in [3.8, 4) is 6.07 Å². The first-order valence-electron chi connectivity index (χ1n) is 10.1. The van der Waals surface area contributed by atoms with Crippen molar-refractivity contribution < 1.29 is 9.18 Å². The van der Waals surface area contributed by atoms with Crippen LogP contribution in [0.4, 0.5) is 10.2 Å². The number of likely N-dealkylation sites (N-methyl/N-ethyl adjacent to an activating group) is 1. The van der Waals surface area contributed by atoms with Crippen molar-refractivity contribution in [2.75, 3.05) is 18.9 Å². The minimum absolute atomic E-state index is 0.170. The van der Waals surface area contributed by atoms with Crippen molar-refractivity contribution in [2.24, 2.45) is 0 Å². The fourth-order valence-electron chi connectivity index (χ4n) is 3.43. The monoisotopic (exact) mass is 439 g/mol. The molecule has 0 unspecified atom stereocenters. The van der Waals surface area contributed by atoms with Gasteiger partial charge in [0.05, 0.1) is 22.8 Å². The molecule has 0 spiro atoms. The summed E-state index contributed by atoms with van der Waals surface area (Å²) < 4.78 is 15.2. The van der Waals surface area contributed by atoms with Crippen molar-refractivity contribution in [3.63, 3.8) is 0 Å². The van der Waals surface area contributed by atoms with Crippen LogP contribution in [0, 0.1) is 31.0 Å². The molecule has 0 aliphatic heterocycles. The quantitative estimate of drug-likeness (QED) is 0.569. The van der Waals surface area contributed by atoms with Gasteiger partial charge in [0.25, 0.3) is 0 Å². The molecule has 0 radical (unpaired) electrons. The molecule has 0 aliphatic carbocycles. The number of anilines is 1. The Hall–Kier alpha value is -3.02. The van der Waals surface area contributed by atoms with Crippen LogP contribution in [0.3, 0.4) is 0 Å². The van der Waals surface area contributed by atoms with Gasteiger partial charge in [-0.15, -0.1) is 11.3 Å². The molecular formula is C23H26FN5OS. The van der Waals surface area contributed by atoms with Gasteiger partial charge in [0, 0.05) is 24.2 Å². The molecule has 0 aliphatic rings. The number of amides is 1. The van der Waals surface area contributed by atoms with Crippen molar-refractivity contribution in [2.45, 2.75) is 40.3 Å². The summed E-state index contributed by atoms with van der Waals surface area (Å²) in [5, 5.41) is 15.7. The molecule has 8 heteroatoms. The van der Waals surface area contributed by atoms with Crippen LogP contribution >= 0.6 is 11.3 Å². The predicted molar refractivity (Wildman–Crippen MR) is 121 cm³/mol. The number of aromatic nitrogens is 2. The van der Waals surface area contributed by atoms with E-state index < -0.39 is 0 Å². The Labute approximate surface area is 186 Å². The van der Waals surface area contributed by atoms with Gasteiger partial charge >= 0.3 is 0 Å². The number of aryl methyl sites for hydroxylation is 1. The largest absolute Gasteiger partial charge is 0.326 e. The van der Waals surface area contributed by atoms with Crippen LogP contribution in [-0.2, 0) is 24.3 Å². The van der Waals surface area contributed by atoms with E-state index in [1.54, 1.807) is 23.5 Å². The zero-order valence-corrected chi connectivity index (χ0v) is 19.0. The summed E-state index contributed by atoms with van der Waals surface area (Å²) in [6.45, 7) is 7.02. The van der Waals surface area contributed by atoms with E-state index >= 15 is 0 Å². The number of nitrogens with zero attached hydrogens (tertiary/aromatic N) is 4. The van der Waals surface area contributed by atoms with Crippen molar-refractivity contribution in [1.82, 2.24) is 14.5 Å². The molecule has 3 rings (SSSR count). The van der Waals surface area contributed by atoms with Gasteiger partial charge in [-0.05, 0) is 50.6 Å². The molecule has 0 fully saturated rings. The molecule has 1 amide bonds. The lowest BCUT2D eigenvalue weighted by molar-refractivity contribution is -0.117. The summed E-state index contributed by atoms with van der Waals surface area (Å²) in [4.78, 5) is 19.2. The van der Waals surface area contributed by atoms with Gasteiger partial charge < -0.3 is 9.88 Å². The molecule has 2 heterocycles. The Bertz CT molecular complexity index is 1110. The number of rotatable bonds is 8. The lowest BCUT2D eigenvalue weighted by Crippen LogP contribution is -2.31. The van der Waals surface area contributed by atoms with Crippen LogP contribution in [0.1, 0.15) is 40.0 Å². The van der Waals surface area contributed by atoms with Gasteiger partial charge in [-0.3, -0.25) is 9.69 Å². The van der Waals surface area contributed by atoms with Crippen LogP contribution in [0.15, 0.2) is 29.6 Å². The van der Waals surface area contributed by atoms with E-state index in [1.807, 2.05) is 35.7 Å². The van der Waals surface area contributed by atoms with E-state index in [0.29, 0.717) is 24.5 Å². The van der Waals surface area contributed by atoms with E-state index in [-0.39, 0.29) is 18.3 Å². The van der Waals surface area contributed by atoms with Crippen molar-refractivity contribution in [1.29, 1.82) is 5.26 Å². The highest BCUT2D eigenvalue weighted by Crippen LogP contribution is 2.27. The van der Waals surface area contributed by atoms with Crippen molar-refractivity contribution in [3.05, 3.63) is 68.5 Å². The zero-order valence-electron chi connectivity index (χ0n) is 18.2. The Morgan fingerprint density at radius 3 is 2.65 bits per heavy atom. The van der Waals surface area contributed by atoms with Crippen LogP contribution in [0.5, 0.6) is 0 Å².